The Morgan fingerprint density at radius 3 is 1.81 bits per heavy atom. The summed E-state index contributed by atoms with van der Waals surface area (Å²) in [4.78, 5) is 193. The number of carbonyl (C=O) groups is 12. The molecule has 13 atom stereocenters. The van der Waals surface area contributed by atoms with Crippen molar-refractivity contribution < 1.29 is 97.4 Å². The molecule has 3 unspecified atom stereocenters. The molecule has 0 aromatic carbocycles. The van der Waals surface area contributed by atoms with Gasteiger partial charge < -0.3 is 64.8 Å². The van der Waals surface area contributed by atoms with Gasteiger partial charge in [-0.2, -0.15) is 38.1 Å². The van der Waals surface area contributed by atoms with Crippen molar-refractivity contribution in [3.8, 4) is 0 Å². The SMILES string of the molecule is CCO[C@@H]1C[C@H]2C(=O)NC3(CCC3)C(=O)N(C)[C@@H](C3CCCC3)C(=O)N(C)[C@H](C(=O)N(C)C)CC(=O)N(C)[C@@H](CC3CCSC3)C(=O)N[C@@H]([C@@H](C)CC)C(=O)N(C)CC(=O)N(C)[C@H]3CCCCCN(C3=O)[C@@H](CC3CCC(C(F)(F)F)CC3)C(=O)N(C)CC(=O)N[C@@H](CCC3CC(F)C(C(F)(F)F)C(F)C3)C(=O)N2C1. The fraction of sp³-hybridized carbons (Fsp3) is 0.842. The number of thioether (sulfide) groups is 1. The topological polar surface area (TPSA) is 279 Å². The molecule has 25 nitrogen and oxygen atoms in total. The summed E-state index contributed by atoms with van der Waals surface area (Å²) in [6.45, 7) is 3.44. The zero-order valence-electron chi connectivity index (χ0n) is 65.8. The zero-order valence-corrected chi connectivity index (χ0v) is 66.6. The molecular weight excluding hydrogens is 1470 g/mol. The molecule has 34 heteroatoms. The largest absolute Gasteiger partial charge is 0.397 e. The van der Waals surface area contributed by atoms with E-state index in [1.165, 1.54) is 80.9 Å². The molecule has 0 radical (unpaired) electrons. The van der Waals surface area contributed by atoms with Gasteiger partial charge in [-0.3, -0.25) is 57.5 Å². The highest BCUT2D eigenvalue weighted by Crippen LogP contribution is 2.46. The summed E-state index contributed by atoms with van der Waals surface area (Å²) in [5.74, 6) is -15.1. The Morgan fingerprint density at radius 1 is 0.609 bits per heavy atom. The third-order valence-electron chi connectivity index (χ3n) is 25.1. The van der Waals surface area contributed by atoms with Crippen LogP contribution in [-0.4, -0.2) is 300 Å². The third-order valence-corrected chi connectivity index (χ3v) is 26.3. The van der Waals surface area contributed by atoms with Crippen molar-refractivity contribution in [3.63, 3.8) is 0 Å². The lowest BCUT2D eigenvalue weighted by Crippen LogP contribution is -2.68. The summed E-state index contributed by atoms with van der Waals surface area (Å²) in [6.07, 6.45) is -14.3. The zero-order chi connectivity index (χ0) is 81.2. The van der Waals surface area contributed by atoms with Crippen molar-refractivity contribution in [2.75, 3.05) is 101 Å². The Hall–Kier alpha value is -6.61. The molecule has 110 heavy (non-hydrogen) atoms. The lowest BCUT2D eigenvalue weighted by Gasteiger charge is -2.46. The molecular formula is C76H118F8N12O13S. The van der Waals surface area contributed by atoms with E-state index in [2.05, 4.69) is 16.0 Å². The number of ether oxygens (including phenoxy) is 1. The minimum atomic E-state index is -5.21. The van der Waals surface area contributed by atoms with Gasteiger partial charge in [-0.15, -0.1) is 0 Å². The number of rotatable bonds is 13. The van der Waals surface area contributed by atoms with E-state index in [0.29, 0.717) is 70.0 Å². The van der Waals surface area contributed by atoms with E-state index in [1.54, 1.807) is 32.5 Å². The molecule has 0 aromatic heterocycles. The number of hydrogen-bond acceptors (Lipinski definition) is 14. The van der Waals surface area contributed by atoms with Crippen LogP contribution in [0.4, 0.5) is 35.1 Å². The summed E-state index contributed by atoms with van der Waals surface area (Å²) in [6, 6.07) is -11.2. The van der Waals surface area contributed by atoms with Crippen LogP contribution in [0.1, 0.15) is 181 Å². The van der Waals surface area contributed by atoms with Crippen LogP contribution in [0.15, 0.2) is 0 Å². The standard InChI is InChI=1S/C76H118F8N12O13S/c1-12-44(3)63-71(106)90(7)42-61(99)91(8)54-22-15-14-18-32-95(70(54)105)58(36-45-23-26-49(27-24-45)75(79,80)81)69(104)89(6)41-59(97)85-53(28-25-46-34-51(77)62(52(78)35-46)76(82,83)84)67(102)96-40-50(109-13-2)38-56(96)66(101)87-74(30-19-31-74)73(108)94(11)64(48-20-16-17-21-48)72(107)93(10)57(68(103)88(4)5)39-60(98)92(9)55(65(100)86-63)37-47-29-33-110-43-47/h44-58,62-64H,12-43H2,1-11H3,(H,85,97)(H,86,100)(H,87,101)/t44-,45?,46?,47?,49?,50+,51?,52?,53-,54-,55-,56-,57-,58-,62?,63-,64-/m0/s1. The average molecular weight is 1590 g/mol. The van der Waals surface area contributed by atoms with Crippen molar-refractivity contribution >= 4 is 82.6 Å². The first-order valence-electron chi connectivity index (χ1n) is 39.6. The second-order valence-electron chi connectivity index (χ2n) is 32.8. The van der Waals surface area contributed by atoms with Gasteiger partial charge in [0, 0.05) is 82.5 Å². The Morgan fingerprint density at radius 2 is 1.24 bits per heavy atom. The number of carbonyl (C=O) groups excluding carboxylic acids is 12. The fourth-order valence-electron chi connectivity index (χ4n) is 17.9. The maximum absolute atomic E-state index is 15.6. The van der Waals surface area contributed by atoms with E-state index in [4.69, 9.17) is 4.74 Å². The van der Waals surface area contributed by atoms with Gasteiger partial charge in [0.25, 0.3) is 0 Å². The molecule has 4 aliphatic carbocycles. The second kappa shape index (κ2) is 38.5. The lowest BCUT2D eigenvalue weighted by molar-refractivity contribution is -0.219. The van der Waals surface area contributed by atoms with Crippen molar-refractivity contribution in [1.29, 1.82) is 0 Å². The minimum Gasteiger partial charge on any atom is -0.377 e. The molecule has 8 rings (SSSR count). The summed E-state index contributed by atoms with van der Waals surface area (Å²) in [5, 5.41) is 8.50. The number of nitrogens with zero attached hydrogens (tertiary/aromatic N) is 9. The van der Waals surface area contributed by atoms with Crippen LogP contribution in [-0.2, 0) is 62.3 Å². The van der Waals surface area contributed by atoms with E-state index in [1.807, 2.05) is 0 Å². The fourth-order valence-corrected chi connectivity index (χ4v) is 19.2. The molecule has 1 spiro atoms. The summed E-state index contributed by atoms with van der Waals surface area (Å²) in [5.41, 5.74) is -1.69. The van der Waals surface area contributed by atoms with Gasteiger partial charge in [-0.05, 0) is 164 Å². The highest BCUT2D eigenvalue weighted by molar-refractivity contribution is 7.99. The van der Waals surface area contributed by atoms with Gasteiger partial charge in [0.05, 0.1) is 31.5 Å². The summed E-state index contributed by atoms with van der Waals surface area (Å²) in [7, 11) is 11.1. The van der Waals surface area contributed by atoms with Crippen LogP contribution in [0, 0.1) is 41.4 Å². The first-order valence-corrected chi connectivity index (χ1v) is 40.8. The first-order chi connectivity index (χ1) is 51.7. The smallest absolute Gasteiger partial charge is 0.377 e. The van der Waals surface area contributed by atoms with Gasteiger partial charge in [0.2, 0.25) is 70.9 Å². The minimum absolute atomic E-state index is 0.0108. The van der Waals surface area contributed by atoms with Crippen LogP contribution in [0.3, 0.4) is 0 Å². The van der Waals surface area contributed by atoms with Gasteiger partial charge in [-0.25, -0.2) is 8.78 Å². The van der Waals surface area contributed by atoms with Crippen LogP contribution < -0.4 is 16.0 Å². The van der Waals surface area contributed by atoms with Crippen molar-refractivity contribution in [3.05, 3.63) is 0 Å². The van der Waals surface area contributed by atoms with Crippen LogP contribution in [0.2, 0.25) is 0 Å². The van der Waals surface area contributed by atoms with Gasteiger partial charge in [-0.1, -0.05) is 46.0 Å². The number of halogens is 8. The van der Waals surface area contributed by atoms with Gasteiger partial charge in [0.15, 0.2) is 0 Å². The van der Waals surface area contributed by atoms with Crippen LogP contribution in [0.5, 0.6) is 0 Å². The molecule has 12 amide bonds. The Labute approximate surface area is 645 Å². The van der Waals surface area contributed by atoms with Crippen molar-refractivity contribution in [2.24, 2.45) is 41.4 Å². The normalized spacial score (nSPS) is 32.8. The average Bonchev–Trinajstić information content (AvgIpc) is 1.58. The Kier molecular flexibility index (Phi) is 31.1. The number of amides is 12. The monoisotopic (exact) mass is 1590 g/mol. The summed E-state index contributed by atoms with van der Waals surface area (Å²) < 4.78 is 121. The molecule has 4 saturated heterocycles. The maximum Gasteiger partial charge on any atom is 0.397 e. The van der Waals surface area contributed by atoms with Gasteiger partial charge >= 0.3 is 12.4 Å². The predicted molar refractivity (Wildman–Crippen MR) is 392 cm³/mol. The lowest BCUT2D eigenvalue weighted by atomic mass is 9.74. The molecule has 622 valence electrons. The Balaban J connectivity index is 1.20. The molecule has 4 saturated carbocycles. The molecule has 4 heterocycles. The molecule has 8 aliphatic rings. The quantitative estimate of drug-likeness (QED) is 0.163. The van der Waals surface area contributed by atoms with E-state index >= 15 is 47.1 Å². The predicted octanol–water partition coefficient (Wildman–Crippen LogP) is 6.67. The number of alkyl halides is 8. The van der Waals surface area contributed by atoms with E-state index < -0.39 is 230 Å². The maximum atomic E-state index is 15.6. The molecule has 3 N–H and O–H groups in total. The second-order valence-corrected chi connectivity index (χ2v) is 34.0. The summed E-state index contributed by atoms with van der Waals surface area (Å²) >= 11 is 1.67. The number of fused-ring (bicyclic) bond motifs is 3. The number of likely N-dealkylation sites (N-methyl/N-ethyl adjacent to an activating group) is 7. The molecule has 0 aromatic rings. The van der Waals surface area contributed by atoms with E-state index in [9.17, 15) is 45.5 Å². The Bertz CT molecular complexity index is 3250. The third kappa shape index (κ3) is 21.4. The highest BCUT2D eigenvalue weighted by atomic mass is 32.2. The van der Waals surface area contributed by atoms with Crippen LogP contribution >= 0.6 is 11.8 Å². The molecule has 2 bridgehead atoms. The number of nitrogens with one attached hydrogen (secondary N) is 3. The van der Waals surface area contributed by atoms with E-state index in [-0.39, 0.29) is 96.2 Å². The number of hydrogen-bond donors (Lipinski definition) is 3. The molecule has 8 fully saturated rings. The van der Waals surface area contributed by atoms with Gasteiger partial charge in [0.1, 0.15) is 72.1 Å². The molecule has 4 aliphatic heterocycles. The van der Waals surface area contributed by atoms with Crippen molar-refractivity contribution in [2.45, 2.75) is 266 Å². The van der Waals surface area contributed by atoms with Crippen LogP contribution in [0.25, 0.3) is 0 Å². The first kappa shape index (κ1) is 88.9. The van der Waals surface area contributed by atoms with Crippen molar-refractivity contribution in [1.82, 2.24) is 60.0 Å². The highest BCUT2D eigenvalue weighted by Gasteiger charge is 2.56. The van der Waals surface area contributed by atoms with E-state index in [0.717, 1.165) is 25.4 Å².